The number of nitrogens with zero attached hydrogens (tertiary/aromatic N) is 2. The fourth-order valence-electron chi connectivity index (χ4n) is 3.81. The average Bonchev–Trinajstić information content (AvgIpc) is 3.24. The standard InChI is InChI=1S/C28H23N3O4/c1-34-24-12-10-23(11-13-24)30-27(32)21(16-29)15-22-18-31(26-9-4-3-8-25(22)26)17-19-6-5-7-20(14-19)28(33)35-2/h3-15,18H,17H2,1-2H3,(H,30,32). The van der Waals surface area contributed by atoms with Gasteiger partial charge in [0.2, 0.25) is 0 Å². The first-order valence-electron chi connectivity index (χ1n) is 10.8. The van der Waals surface area contributed by atoms with Gasteiger partial charge in [0.15, 0.2) is 0 Å². The minimum Gasteiger partial charge on any atom is -0.497 e. The monoisotopic (exact) mass is 465 g/mol. The number of amides is 1. The van der Waals surface area contributed by atoms with Crippen molar-refractivity contribution in [3.63, 3.8) is 0 Å². The molecule has 3 aromatic carbocycles. The van der Waals surface area contributed by atoms with E-state index in [4.69, 9.17) is 9.47 Å². The molecule has 7 nitrogen and oxygen atoms in total. The van der Waals surface area contributed by atoms with Crippen LogP contribution in [0.2, 0.25) is 0 Å². The summed E-state index contributed by atoms with van der Waals surface area (Å²) < 4.78 is 12.0. The fraction of sp³-hybridized carbons (Fsp3) is 0.107. The molecule has 0 bridgehead atoms. The average molecular weight is 466 g/mol. The molecule has 0 radical (unpaired) electrons. The third kappa shape index (κ3) is 5.23. The van der Waals surface area contributed by atoms with Gasteiger partial charge in [-0.2, -0.15) is 5.26 Å². The fourth-order valence-corrected chi connectivity index (χ4v) is 3.81. The van der Waals surface area contributed by atoms with Crippen LogP contribution in [0, 0.1) is 11.3 Å². The van der Waals surface area contributed by atoms with Crippen molar-refractivity contribution in [2.45, 2.75) is 6.54 Å². The Morgan fingerprint density at radius 2 is 1.80 bits per heavy atom. The van der Waals surface area contributed by atoms with E-state index in [0.29, 0.717) is 23.5 Å². The van der Waals surface area contributed by atoms with Crippen LogP contribution in [0.5, 0.6) is 5.75 Å². The molecular weight excluding hydrogens is 442 g/mol. The molecule has 0 atom stereocenters. The van der Waals surface area contributed by atoms with Crippen LogP contribution in [-0.2, 0) is 16.1 Å². The van der Waals surface area contributed by atoms with E-state index in [1.165, 1.54) is 7.11 Å². The number of para-hydroxylation sites is 1. The molecular formula is C28H23N3O4. The van der Waals surface area contributed by atoms with E-state index >= 15 is 0 Å². The second-order valence-corrected chi connectivity index (χ2v) is 7.77. The van der Waals surface area contributed by atoms with Gasteiger partial charge >= 0.3 is 5.97 Å². The predicted molar refractivity (Wildman–Crippen MR) is 134 cm³/mol. The Morgan fingerprint density at radius 1 is 1.03 bits per heavy atom. The van der Waals surface area contributed by atoms with Crippen LogP contribution >= 0.6 is 0 Å². The highest BCUT2D eigenvalue weighted by Crippen LogP contribution is 2.25. The molecule has 1 heterocycles. The lowest BCUT2D eigenvalue weighted by molar-refractivity contribution is -0.112. The minimum atomic E-state index is -0.500. The number of hydrogen-bond donors (Lipinski definition) is 1. The number of hydrogen-bond acceptors (Lipinski definition) is 5. The first-order valence-corrected chi connectivity index (χ1v) is 10.8. The number of carbonyl (C=O) groups is 2. The molecule has 0 saturated heterocycles. The second-order valence-electron chi connectivity index (χ2n) is 7.77. The third-order valence-electron chi connectivity index (χ3n) is 5.53. The van der Waals surface area contributed by atoms with Crippen LogP contribution < -0.4 is 10.1 Å². The van der Waals surface area contributed by atoms with Gasteiger partial charge in [0.25, 0.3) is 5.91 Å². The maximum atomic E-state index is 12.8. The van der Waals surface area contributed by atoms with Gasteiger partial charge in [0.05, 0.1) is 19.8 Å². The number of methoxy groups -OCH3 is 2. The van der Waals surface area contributed by atoms with Crippen molar-refractivity contribution in [1.29, 1.82) is 5.26 Å². The van der Waals surface area contributed by atoms with Crippen LogP contribution in [-0.4, -0.2) is 30.7 Å². The number of nitrogens with one attached hydrogen (secondary N) is 1. The maximum absolute atomic E-state index is 12.8. The Balaban J connectivity index is 1.64. The Hall–Kier alpha value is -4.83. The van der Waals surface area contributed by atoms with Crippen molar-refractivity contribution < 1.29 is 19.1 Å². The minimum absolute atomic E-state index is 0.0172. The number of rotatable bonds is 7. The van der Waals surface area contributed by atoms with Crippen LogP contribution in [0.4, 0.5) is 5.69 Å². The zero-order valence-corrected chi connectivity index (χ0v) is 19.3. The third-order valence-corrected chi connectivity index (χ3v) is 5.53. The van der Waals surface area contributed by atoms with E-state index in [1.54, 1.807) is 49.6 Å². The number of carbonyl (C=O) groups excluding carboxylic acids is 2. The quantitative estimate of drug-likeness (QED) is 0.235. The smallest absolute Gasteiger partial charge is 0.337 e. The van der Waals surface area contributed by atoms with Gasteiger partial charge in [0.1, 0.15) is 17.4 Å². The molecule has 0 fully saturated rings. The molecule has 0 aliphatic rings. The van der Waals surface area contributed by atoms with Gasteiger partial charge in [-0.15, -0.1) is 0 Å². The summed E-state index contributed by atoms with van der Waals surface area (Å²) in [5, 5.41) is 13.3. The van der Waals surface area contributed by atoms with E-state index in [0.717, 1.165) is 22.0 Å². The molecule has 4 aromatic rings. The highest BCUT2D eigenvalue weighted by Gasteiger charge is 2.14. The van der Waals surface area contributed by atoms with Gasteiger partial charge < -0.3 is 19.4 Å². The van der Waals surface area contributed by atoms with Gasteiger partial charge in [-0.3, -0.25) is 4.79 Å². The normalized spacial score (nSPS) is 11.1. The van der Waals surface area contributed by atoms with E-state index < -0.39 is 11.9 Å². The van der Waals surface area contributed by atoms with E-state index in [2.05, 4.69) is 5.32 Å². The summed E-state index contributed by atoms with van der Waals surface area (Å²) in [5.41, 5.74) is 3.62. The Labute approximate surface area is 202 Å². The lowest BCUT2D eigenvalue weighted by Gasteiger charge is -2.07. The molecule has 35 heavy (non-hydrogen) atoms. The summed E-state index contributed by atoms with van der Waals surface area (Å²) in [6.45, 7) is 0.499. The van der Waals surface area contributed by atoms with Crippen molar-refractivity contribution in [1.82, 2.24) is 4.57 Å². The Morgan fingerprint density at radius 3 is 2.51 bits per heavy atom. The van der Waals surface area contributed by atoms with E-state index in [1.807, 2.05) is 53.2 Å². The Bertz CT molecular complexity index is 1460. The number of ether oxygens (including phenoxy) is 2. The zero-order valence-electron chi connectivity index (χ0n) is 19.3. The van der Waals surface area contributed by atoms with Crippen molar-refractivity contribution in [3.8, 4) is 11.8 Å². The molecule has 0 saturated carbocycles. The van der Waals surface area contributed by atoms with Crippen LogP contribution in [0.15, 0.2) is 84.6 Å². The number of benzene rings is 3. The van der Waals surface area contributed by atoms with E-state index in [9.17, 15) is 14.9 Å². The predicted octanol–water partition coefficient (Wildman–Crippen LogP) is 5.03. The second kappa shape index (κ2) is 10.4. The first kappa shape index (κ1) is 23.3. The number of fused-ring (bicyclic) bond motifs is 1. The van der Waals surface area contributed by atoms with Crippen molar-refractivity contribution >= 4 is 34.5 Å². The van der Waals surface area contributed by atoms with Crippen molar-refractivity contribution in [2.24, 2.45) is 0 Å². The van der Waals surface area contributed by atoms with Crippen molar-refractivity contribution in [2.75, 3.05) is 19.5 Å². The maximum Gasteiger partial charge on any atom is 0.337 e. The highest BCUT2D eigenvalue weighted by molar-refractivity contribution is 6.10. The topological polar surface area (TPSA) is 93.4 Å². The summed E-state index contributed by atoms with van der Waals surface area (Å²) in [7, 11) is 2.92. The first-order chi connectivity index (χ1) is 17.0. The molecule has 1 amide bonds. The van der Waals surface area contributed by atoms with Crippen LogP contribution in [0.25, 0.3) is 17.0 Å². The van der Waals surface area contributed by atoms with Gasteiger partial charge in [0, 0.05) is 34.9 Å². The van der Waals surface area contributed by atoms with Crippen molar-refractivity contribution in [3.05, 3.63) is 101 Å². The largest absolute Gasteiger partial charge is 0.497 e. The Kier molecular flexibility index (Phi) is 6.94. The molecule has 174 valence electrons. The lowest BCUT2D eigenvalue weighted by atomic mass is 10.1. The van der Waals surface area contributed by atoms with Crippen LogP contribution in [0.1, 0.15) is 21.5 Å². The highest BCUT2D eigenvalue weighted by atomic mass is 16.5. The number of aromatic nitrogens is 1. The SMILES string of the molecule is COC(=O)c1cccc(Cn2cc(C=C(C#N)C(=O)Nc3ccc(OC)cc3)c3ccccc32)c1. The summed E-state index contributed by atoms with van der Waals surface area (Å²) in [6.07, 6.45) is 3.48. The molecule has 7 heteroatoms. The van der Waals surface area contributed by atoms with Gasteiger partial charge in [-0.25, -0.2) is 4.79 Å². The molecule has 4 rings (SSSR count). The molecule has 0 aliphatic heterocycles. The number of nitriles is 1. The summed E-state index contributed by atoms with van der Waals surface area (Å²) in [5.74, 6) is -0.223. The summed E-state index contributed by atoms with van der Waals surface area (Å²) >= 11 is 0. The molecule has 0 aliphatic carbocycles. The molecule has 0 unspecified atom stereocenters. The van der Waals surface area contributed by atoms with Crippen LogP contribution in [0.3, 0.4) is 0 Å². The number of anilines is 1. The van der Waals surface area contributed by atoms with E-state index in [-0.39, 0.29) is 5.57 Å². The lowest BCUT2D eigenvalue weighted by Crippen LogP contribution is -2.13. The van der Waals surface area contributed by atoms with Gasteiger partial charge in [-0.05, 0) is 54.1 Å². The number of esters is 1. The molecule has 1 aromatic heterocycles. The zero-order chi connectivity index (χ0) is 24.8. The summed E-state index contributed by atoms with van der Waals surface area (Å²) in [6, 6.07) is 23.9. The molecule has 1 N–H and O–H groups in total. The molecule has 0 spiro atoms. The van der Waals surface area contributed by atoms with Gasteiger partial charge in [-0.1, -0.05) is 30.3 Å². The summed E-state index contributed by atoms with van der Waals surface area (Å²) in [4.78, 5) is 24.7.